The molecule has 1 aliphatic heterocycles. The zero-order valence-electron chi connectivity index (χ0n) is 14.5. The molecule has 150 valence electrons. The van der Waals surface area contributed by atoms with Crippen molar-refractivity contribution in [2.75, 3.05) is 6.54 Å². The molecule has 1 N–H and O–H groups in total. The average Bonchev–Trinajstić information content (AvgIpc) is 3.13. The summed E-state index contributed by atoms with van der Waals surface area (Å²) >= 11 is 0. The molecule has 12 heteroatoms. The fourth-order valence-corrected chi connectivity index (χ4v) is 3.58. The standard InChI is InChI=1S/C17H12F3N5O3S/c18-17(19,20)29(27,28)11-3-1-10(2-4-11)15-21-6-5-12(23-15)13-9-14-16(26)22-7-8-25(14)24-13/h1-6,9H,7-8H2,(H,22,26). The summed E-state index contributed by atoms with van der Waals surface area (Å²) in [6, 6.07) is 7.27. The molecule has 1 aliphatic rings. The average molecular weight is 423 g/mol. The monoisotopic (exact) mass is 423 g/mol. The van der Waals surface area contributed by atoms with Gasteiger partial charge in [0, 0.05) is 18.3 Å². The van der Waals surface area contributed by atoms with E-state index in [0.717, 1.165) is 12.1 Å². The Labute approximate surface area is 162 Å². The SMILES string of the molecule is O=C1NCCn2nc(-c3ccnc(-c4ccc(S(=O)(=O)C(F)(F)F)cc4)n3)cc21. The number of amides is 1. The molecule has 29 heavy (non-hydrogen) atoms. The normalized spacial score (nSPS) is 14.4. The molecule has 0 bridgehead atoms. The number of hydrogen-bond acceptors (Lipinski definition) is 6. The third-order valence-corrected chi connectivity index (χ3v) is 5.77. The van der Waals surface area contributed by atoms with Crippen LogP contribution in [0, 0.1) is 0 Å². The molecule has 2 aromatic heterocycles. The maximum atomic E-state index is 12.7. The Kier molecular flexibility index (Phi) is 4.37. The molecule has 0 atom stereocenters. The van der Waals surface area contributed by atoms with E-state index in [9.17, 15) is 26.4 Å². The van der Waals surface area contributed by atoms with Gasteiger partial charge in [-0.2, -0.15) is 18.3 Å². The van der Waals surface area contributed by atoms with Crippen LogP contribution in [0.5, 0.6) is 0 Å². The molecule has 3 aromatic rings. The molecule has 0 spiro atoms. The Morgan fingerprint density at radius 3 is 2.45 bits per heavy atom. The summed E-state index contributed by atoms with van der Waals surface area (Å²) in [6.45, 7) is 0.989. The number of halogens is 3. The quantitative estimate of drug-likeness (QED) is 0.691. The van der Waals surface area contributed by atoms with Crippen molar-refractivity contribution in [2.45, 2.75) is 16.9 Å². The van der Waals surface area contributed by atoms with Gasteiger partial charge in [0.05, 0.1) is 17.1 Å². The number of aromatic nitrogens is 4. The van der Waals surface area contributed by atoms with Crippen LogP contribution >= 0.6 is 0 Å². The molecule has 1 amide bonds. The number of sulfone groups is 1. The number of alkyl halides is 3. The van der Waals surface area contributed by atoms with Gasteiger partial charge in [-0.1, -0.05) is 0 Å². The molecular formula is C17H12F3N5O3S. The van der Waals surface area contributed by atoms with Crippen LogP contribution in [-0.2, 0) is 16.4 Å². The largest absolute Gasteiger partial charge is 0.501 e. The molecule has 0 saturated heterocycles. The number of carbonyl (C=O) groups is 1. The Morgan fingerprint density at radius 2 is 1.79 bits per heavy atom. The van der Waals surface area contributed by atoms with E-state index >= 15 is 0 Å². The Morgan fingerprint density at radius 1 is 1.07 bits per heavy atom. The van der Waals surface area contributed by atoms with Crippen LogP contribution in [0.15, 0.2) is 47.5 Å². The van der Waals surface area contributed by atoms with Crippen LogP contribution in [0.2, 0.25) is 0 Å². The second-order valence-corrected chi connectivity index (χ2v) is 8.07. The highest BCUT2D eigenvalue weighted by molar-refractivity contribution is 7.92. The van der Waals surface area contributed by atoms with Gasteiger partial charge in [0.25, 0.3) is 15.7 Å². The van der Waals surface area contributed by atoms with Crippen molar-refractivity contribution in [3.05, 3.63) is 48.3 Å². The third-order valence-electron chi connectivity index (χ3n) is 4.27. The van der Waals surface area contributed by atoms with Crippen molar-refractivity contribution in [1.82, 2.24) is 25.1 Å². The smallest absolute Gasteiger partial charge is 0.349 e. The number of nitrogens with zero attached hydrogens (tertiary/aromatic N) is 4. The van der Waals surface area contributed by atoms with Gasteiger partial charge < -0.3 is 5.32 Å². The predicted molar refractivity (Wildman–Crippen MR) is 94.3 cm³/mol. The topological polar surface area (TPSA) is 107 Å². The number of benzene rings is 1. The van der Waals surface area contributed by atoms with E-state index in [1.807, 2.05) is 0 Å². The van der Waals surface area contributed by atoms with Gasteiger partial charge in [0.2, 0.25) is 0 Å². The Balaban J connectivity index is 1.67. The zero-order valence-corrected chi connectivity index (χ0v) is 15.3. The Bertz CT molecular complexity index is 1200. The van der Waals surface area contributed by atoms with E-state index in [1.165, 1.54) is 18.3 Å². The van der Waals surface area contributed by atoms with Crippen LogP contribution in [0.1, 0.15) is 10.5 Å². The first kappa shape index (κ1) is 19.1. The molecule has 3 heterocycles. The van der Waals surface area contributed by atoms with Crippen LogP contribution in [0.3, 0.4) is 0 Å². The first-order valence-corrected chi connectivity index (χ1v) is 9.76. The molecule has 4 rings (SSSR count). The molecule has 8 nitrogen and oxygen atoms in total. The van der Waals surface area contributed by atoms with E-state index in [1.54, 1.807) is 16.8 Å². The lowest BCUT2D eigenvalue weighted by atomic mass is 10.2. The molecule has 0 radical (unpaired) electrons. The van der Waals surface area contributed by atoms with E-state index < -0.39 is 20.2 Å². The van der Waals surface area contributed by atoms with E-state index in [-0.39, 0.29) is 11.7 Å². The highest BCUT2D eigenvalue weighted by Gasteiger charge is 2.46. The van der Waals surface area contributed by atoms with Crippen LogP contribution in [-0.4, -0.2) is 46.1 Å². The lowest BCUT2D eigenvalue weighted by Gasteiger charge is -2.13. The summed E-state index contributed by atoms with van der Waals surface area (Å²) in [7, 11) is -5.43. The van der Waals surface area contributed by atoms with Gasteiger partial charge >= 0.3 is 5.51 Å². The summed E-state index contributed by atoms with van der Waals surface area (Å²) in [6.07, 6.45) is 1.44. The van der Waals surface area contributed by atoms with Gasteiger partial charge in [-0.3, -0.25) is 9.48 Å². The van der Waals surface area contributed by atoms with Crippen LogP contribution in [0.4, 0.5) is 13.2 Å². The minimum absolute atomic E-state index is 0.175. The van der Waals surface area contributed by atoms with E-state index in [0.29, 0.717) is 35.7 Å². The summed E-state index contributed by atoms with van der Waals surface area (Å²) in [5.74, 6) is -0.0698. The highest BCUT2D eigenvalue weighted by atomic mass is 32.2. The number of nitrogens with one attached hydrogen (secondary N) is 1. The highest BCUT2D eigenvalue weighted by Crippen LogP contribution is 2.31. The molecular weight excluding hydrogens is 411 g/mol. The van der Waals surface area contributed by atoms with Gasteiger partial charge in [0.15, 0.2) is 5.82 Å². The fourth-order valence-electron chi connectivity index (χ4n) is 2.82. The van der Waals surface area contributed by atoms with Crippen molar-refractivity contribution >= 4 is 15.7 Å². The first-order chi connectivity index (χ1) is 13.7. The number of hydrogen-bond donors (Lipinski definition) is 1. The number of carbonyl (C=O) groups excluding carboxylic acids is 1. The van der Waals surface area contributed by atoms with Gasteiger partial charge in [-0.05, 0) is 36.4 Å². The lowest BCUT2D eigenvalue weighted by molar-refractivity contribution is -0.0436. The van der Waals surface area contributed by atoms with Gasteiger partial charge in [-0.25, -0.2) is 18.4 Å². The molecule has 0 fully saturated rings. The minimum Gasteiger partial charge on any atom is -0.349 e. The van der Waals surface area contributed by atoms with Gasteiger partial charge in [0.1, 0.15) is 11.4 Å². The summed E-state index contributed by atoms with van der Waals surface area (Å²) in [4.78, 5) is 19.4. The van der Waals surface area contributed by atoms with Crippen molar-refractivity contribution in [1.29, 1.82) is 0 Å². The minimum atomic E-state index is -5.43. The van der Waals surface area contributed by atoms with Gasteiger partial charge in [-0.15, -0.1) is 0 Å². The first-order valence-electron chi connectivity index (χ1n) is 8.28. The lowest BCUT2D eigenvalue weighted by Crippen LogP contribution is -2.35. The maximum Gasteiger partial charge on any atom is 0.501 e. The van der Waals surface area contributed by atoms with Crippen molar-refractivity contribution < 1.29 is 26.4 Å². The summed E-state index contributed by atoms with van der Waals surface area (Å²) in [5, 5.41) is 7.05. The second kappa shape index (κ2) is 6.65. The molecule has 1 aromatic carbocycles. The summed E-state index contributed by atoms with van der Waals surface area (Å²) in [5.41, 5.74) is -3.80. The molecule has 0 unspecified atom stereocenters. The zero-order chi connectivity index (χ0) is 20.8. The maximum absolute atomic E-state index is 12.7. The van der Waals surface area contributed by atoms with E-state index in [4.69, 9.17) is 0 Å². The van der Waals surface area contributed by atoms with Crippen LogP contribution < -0.4 is 5.32 Å². The van der Waals surface area contributed by atoms with Crippen molar-refractivity contribution in [3.8, 4) is 22.8 Å². The van der Waals surface area contributed by atoms with Crippen molar-refractivity contribution in [2.24, 2.45) is 0 Å². The number of rotatable bonds is 3. The second-order valence-electron chi connectivity index (χ2n) is 6.13. The number of fused-ring (bicyclic) bond motifs is 1. The van der Waals surface area contributed by atoms with Crippen molar-refractivity contribution in [3.63, 3.8) is 0 Å². The molecule has 0 saturated carbocycles. The fraction of sp³-hybridized carbons (Fsp3) is 0.176. The third kappa shape index (κ3) is 3.35. The Hall–Kier alpha value is -3.28. The predicted octanol–water partition coefficient (Wildman–Crippen LogP) is 2.04. The van der Waals surface area contributed by atoms with Crippen LogP contribution in [0.25, 0.3) is 22.8 Å². The molecule has 0 aliphatic carbocycles. The summed E-state index contributed by atoms with van der Waals surface area (Å²) < 4.78 is 62.5. The van der Waals surface area contributed by atoms with E-state index in [2.05, 4.69) is 20.4 Å².